The first-order valence-electron chi connectivity index (χ1n) is 10.1. The topological polar surface area (TPSA) is 50.5 Å². The molecule has 158 valence electrons. The van der Waals surface area contributed by atoms with Crippen molar-refractivity contribution in [2.75, 3.05) is 13.1 Å². The first kappa shape index (κ1) is 20.4. The van der Waals surface area contributed by atoms with Gasteiger partial charge in [0.05, 0.1) is 5.69 Å². The van der Waals surface area contributed by atoms with Crippen molar-refractivity contribution >= 4 is 11.6 Å². The van der Waals surface area contributed by atoms with Crippen LogP contribution < -0.4 is 0 Å². The molecule has 1 aliphatic rings. The van der Waals surface area contributed by atoms with Crippen LogP contribution in [0.15, 0.2) is 42.5 Å². The van der Waals surface area contributed by atoms with Gasteiger partial charge in [-0.2, -0.15) is 18.3 Å². The van der Waals surface area contributed by atoms with Crippen molar-refractivity contribution in [3.63, 3.8) is 0 Å². The molecule has 0 saturated carbocycles. The number of rotatable bonds is 4. The van der Waals surface area contributed by atoms with Gasteiger partial charge in [0.1, 0.15) is 5.69 Å². The minimum absolute atomic E-state index is 0.0286. The Labute approximate surface area is 172 Å². The van der Waals surface area contributed by atoms with Gasteiger partial charge in [0, 0.05) is 37.2 Å². The van der Waals surface area contributed by atoms with E-state index in [4.69, 9.17) is 0 Å². The quantitative estimate of drug-likeness (QED) is 0.634. The van der Waals surface area contributed by atoms with Crippen LogP contribution in [0.25, 0.3) is 5.65 Å². The summed E-state index contributed by atoms with van der Waals surface area (Å²) >= 11 is 0. The molecule has 4 rings (SSSR count). The molecule has 0 radical (unpaired) electrons. The van der Waals surface area contributed by atoms with Gasteiger partial charge in [-0.05, 0) is 37.8 Å². The monoisotopic (exact) mass is 416 g/mol. The molecular weight excluding hydrogens is 393 g/mol. The van der Waals surface area contributed by atoms with Crippen molar-refractivity contribution in [3.8, 4) is 0 Å². The Hall–Kier alpha value is -2.90. The summed E-state index contributed by atoms with van der Waals surface area (Å²) < 4.78 is 41.6. The Kier molecular flexibility index (Phi) is 5.49. The number of carbonyl (C=O) groups is 1. The molecule has 2 aromatic heterocycles. The van der Waals surface area contributed by atoms with Gasteiger partial charge >= 0.3 is 6.18 Å². The maximum absolute atomic E-state index is 13.6. The number of fused-ring (bicyclic) bond motifs is 1. The number of aromatic nitrogens is 3. The number of hydrogen-bond acceptors (Lipinski definition) is 3. The zero-order valence-corrected chi connectivity index (χ0v) is 16.7. The van der Waals surface area contributed by atoms with Gasteiger partial charge in [-0.3, -0.25) is 4.79 Å². The second-order valence-electron chi connectivity index (χ2n) is 7.78. The van der Waals surface area contributed by atoms with E-state index < -0.39 is 11.9 Å². The number of amides is 1. The molecule has 1 atom stereocenters. The Bertz CT molecular complexity index is 1050. The fraction of sp³-hybridized carbons (Fsp3) is 0.409. The molecule has 1 saturated heterocycles. The van der Waals surface area contributed by atoms with Crippen molar-refractivity contribution in [1.82, 2.24) is 19.5 Å². The summed E-state index contributed by atoms with van der Waals surface area (Å²) in [5.74, 6) is -0.193. The number of carbonyl (C=O) groups excluding carboxylic acids is 1. The first-order valence-corrected chi connectivity index (χ1v) is 10.1. The molecule has 0 aliphatic carbocycles. The molecule has 0 bridgehead atoms. The van der Waals surface area contributed by atoms with Gasteiger partial charge in [0.2, 0.25) is 5.91 Å². The third kappa shape index (κ3) is 4.32. The SMILES string of the molecule is Cc1cc2nc([C@H]3CCCN(C(=O)CCc4ccccc4)C3)cc(C(F)(F)F)n2n1. The van der Waals surface area contributed by atoms with Crippen LogP contribution in [0.3, 0.4) is 0 Å². The third-order valence-electron chi connectivity index (χ3n) is 5.52. The van der Waals surface area contributed by atoms with Gasteiger partial charge in [0.15, 0.2) is 5.65 Å². The van der Waals surface area contributed by atoms with Gasteiger partial charge in [-0.15, -0.1) is 0 Å². The fourth-order valence-electron chi connectivity index (χ4n) is 4.02. The summed E-state index contributed by atoms with van der Waals surface area (Å²) in [4.78, 5) is 18.9. The summed E-state index contributed by atoms with van der Waals surface area (Å²) in [6.07, 6.45) is -2.05. The number of likely N-dealkylation sites (tertiary alicyclic amines) is 1. The Morgan fingerprint density at radius 2 is 1.97 bits per heavy atom. The predicted molar refractivity (Wildman–Crippen MR) is 106 cm³/mol. The van der Waals surface area contributed by atoms with E-state index in [-0.39, 0.29) is 17.5 Å². The van der Waals surface area contributed by atoms with E-state index in [9.17, 15) is 18.0 Å². The van der Waals surface area contributed by atoms with Crippen LogP contribution in [0.1, 0.15) is 47.8 Å². The lowest BCUT2D eigenvalue weighted by molar-refractivity contribution is -0.143. The molecule has 3 heterocycles. The predicted octanol–water partition coefficient (Wildman–Crippen LogP) is 4.40. The highest BCUT2D eigenvalue weighted by Gasteiger charge is 2.36. The second-order valence-corrected chi connectivity index (χ2v) is 7.78. The van der Waals surface area contributed by atoms with Crippen LogP contribution in [0.5, 0.6) is 0 Å². The number of piperidine rings is 1. The van der Waals surface area contributed by atoms with E-state index in [0.717, 1.165) is 22.6 Å². The number of halogens is 3. The minimum atomic E-state index is -4.53. The van der Waals surface area contributed by atoms with Crippen LogP contribution in [0.4, 0.5) is 13.2 Å². The van der Waals surface area contributed by atoms with Crippen molar-refractivity contribution in [2.45, 2.75) is 44.7 Å². The molecule has 1 fully saturated rings. The average Bonchev–Trinajstić information content (AvgIpc) is 3.11. The van der Waals surface area contributed by atoms with Crippen molar-refractivity contribution in [1.29, 1.82) is 0 Å². The van der Waals surface area contributed by atoms with E-state index in [1.54, 1.807) is 17.9 Å². The van der Waals surface area contributed by atoms with E-state index in [2.05, 4.69) is 10.1 Å². The lowest BCUT2D eigenvalue weighted by Crippen LogP contribution is -2.39. The minimum Gasteiger partial charge on any atom is -0.342 e. The number of aryl methyl sites for hydroxylation is 2. The van der Waals surface area contributed by atoms with E-state index in [0.29, 0.717) is 43.7 Å². The fourth-order valence-corrected chi connectivity index (χ4v) is 4.02. The molecule has 1 aromatic carbocycles. The zero-order chi connectivity index (χ0) is 21.3. The molecule has 5 nitrogen and oxygen atoms in total. The largest absolute Gasteiger partial charge is 0.433 e. The van der Waals surface area contributed by atoms with E-state index >= 15 is 0 Å². The summed E-state index contributed by atoms with van der Waals surface area (Å²) in [6.45, 7) is 2.66. The highest BCUT2D eigenvalue weighted by atomic mass is 19.4. The van der Waals surface area contributed by atoms with Crippen LogP contribution in [-0.2, 0) is 17.4 Å². The standard InChI is InChI=1S/C22H23F3N4O/c1-15-12-20-26-18(13-19(22(23,24)25)29(20)27-15)17-8-5-11-28(14-17)21(30)10-9-16-6-3-2-4-7-16/h2-4,6-7,12-13,17H,5,8-11,14H2,1H3/t17-/m0/s1. The summed E-state index contributed by atoms with van der Waals surface area (Å²) in [6, 6.07) is 12.4. The maximum Gasteiger partial charge on any atom is 0.433 e. The zero-order valence-electron chi connectivity index (χ0n) is 16.7. The number of nitrogens with zero attached hydrogens (tertiary/aromatic N) is 4. The van der Waals surface area contributed by atoms with Crippen molar-refractivity contribution < 1.29 is 18.0 Å². The van der Waals surface area contributed by atoms with Gasteiger partial charge in [0.25, 0.3) is 0 Å². The molecule has 3 aromatic rings. The van der Waals surface area contributed by atoms with E-state index in [1.165, 1.54) is 0 Å². The smallest absolute Gasteiger partial charge is 0.342 e. The summed E-state index contributed by atoms with van der Waals surface area (Å²) in [5, 5.41) is 3.93. The molecule has 1 amide bonds. The van der Waals surface area contributed by atoms with Crippen LogP contribution in [0, 0.1) is 6.92 Å². The van der Waals surface area contributed by atoms with Gasteiger partial charge < -0.3 is 4.90 Å². The van der Waals surface area contributed by atoms with Crippen molar-refractivity contribution in [2.24, 2.45) is 0 Å². The number of benzene rings is 1. The molecule has 8 heteroatoms. The molecule has 0 spiro atoms. The van der Waals surface area contributed by atoms with Gasteiger partial charge in [-0.25, -0.2) is 9.50 Å². The van der Waals surface area contributed by atoms with Crippen LogP contribution in [-0.4, -0.2) is 38.5 Å². The third-order valence-corrected chi connectivity index (χ3v) is 5.52. The molecule has 30 heavy (non-hydrogen) atoms. The molecule has 1 aliphatic heterocycles. The molecular formula is C22H23F3N4O. The van der Waals surface area contributed by atoms with Crippen LogP contribution >= 0.6 is 0 Å². The number of hydrogen-bond donors (Lipinski definition) is 0. The van der Waals surface area contributed by atoms with E-state index in [1.807, 2.05) is 30.3 Å². The summed E-state index contributed by atoms with van der Waals surface area (Å²) in [7, 11) is 0. The number of alkyl halides is 3. The maximum atomic E-state index is 13.6. The second kappa shape index (κ2) is 8.08. The normalized spacial score (nSPS) is 17.5. The Morgan fingerprint density at radius 3 is 2.70 bits per heavy atom. The molecule has 0 N–H and O–H groups in total. The lowest BCUT2D eigenvalue weighted by Gasteiger charge is -2.33. The highest BCUT2D eigenvalue weighted by Crippen LogP contribution is 2.33. The molecule has 0 unspecified atom stereocenters. The summed E-state index contributed by atoms with van der Waals surface area (Å²) in [5.41, 5.74) is 1.30. The van der Waals surface area contributed by atoms with Crippen molar-refractivity contribution in [3.05, 3.63) is 65.1 Å². The van der Waals surface area contributed by atoms with Crippen LogP contribution in [0.2, 0.25) is 0 Å². The van der Waals surface area contributed by atoms with Gasteiger partial charge in [-0.1, -0.05) is 30.3 Å². The average molecular weight is 416 g/mol. The Balaban J connectivity index is 1.53. The first-order chi connectivity index (χ1) is 14.3. The lowest BCUT2D eigenvalue weighted by atomic mass is 9.93. The highest BCUT2D eigenvalue weighted by molar-refractivity contribution is 5.76. The Morgan fingerprint density at radius 1 is 1.20 bits per heavy atom.